The van der Waals surface area contributed by atoms with Crippen molar-refractivity contribution in [2.24, 2.45) is 0 Å². The minimum absolute atomic E-state index is 0.140. The summed E-state index contributed by atoms with van der Waals surface area (Å²) in [5.74, 6) is 0.773. The van der Waals surface area contributed by atoms with E-state index in [-0.39, 0.29) is 5.69 Å². The highest BCUT2D eigenvalue weighted by Gasteiger charge is 2.06. The van der Waals surface area contributed by atoms with Crippen molar-refractivity contribution in [3.8, 4) is 0 Å². The van der Waals surface area contributed by atoms with E-state index >= 15 is 0 Å². The average molecular weight is 255 g/mol. The van der Waals surface area contributed by atoms with E-state index in [1.54, 1.807) is 12.4 Å². The monoisotopic (exact) mass is 255 g/mol. The van der Waals surface area contributed by atoms with Crippen LogP contribution in [0.1, 0.15) is 5.56 Å². The van der Waals surface area contributed by atoms with Crippen LogP contribution in [0.5, 0.6) is 0 Å². The molecule has 0 bridgehead atoms. The molecule has 19 heavy (non-hydrogen) atoms. The zero-order chi connectivity index (χ0) is 13.2. The molecule has 0 saturated heterocycles. The molecule has 0 aliphatic rings. The maximum Gasteiger partial charge on any atom is 0.350 e. The van der Waals surface area contributed by atoms with Crippen LogP contribution in [0.2, 0.25) is 0 Å². The van der Waals surface area contributed by atoms with Gasteiger partial charge in [0.15, 0.2) is 5.65 Å². The van der Waals surface area contributed by atoms with Gasteiger partial charge in [0.1, 0.15) is 5.82 Å². The molecule has 6 heteroatoms. The first-order chi connectivity index (χ1) is 9.28. The molecule has 0 spiro atoms. The average Bonchev–Trinajstić information content (AvgIpc) is 2.76. The van der Waals surface area contributed by atoms with Gasteiger partial charge in [0.05, 0.1) is 6.54 Å². The number of anilines is 1. The second-order valence-electron chi connectivity index (χ2n) is 4.17. The highest BCUT2D eigenvalue weighted by Crippen LogP contribution is 2.07. The standard InChI is InChI=1S/C13H13N5O/c1-14-11-8-10(5-6-15-11)9-18-13(19)17-7-3-2-4-12(17)16-18/h2-8H,9H2,1H3,(H,14,15). The van der Waals surface area contributed by atoms with Gasteiger partial charge in [-0.25, -0.2) is 14.5 Å². The molecule has 0 saturated carbocycles. The Morgan fingerprint density at radius 2 is 2.21 bits per heavy atom. The summed E-state index contributed by atoms with van der Waals surface area (Å²) in [5, 5.41) is 7.26. The topological polar surface area (TPSA) is 64.2 Å². The van der Waals surface area contributed by atoms with E-state index in [9.17, 15) is 4.79 Å². The summed E-state index contributed by atoms with van der Waals surface area (Å²) in [6.45, 7) is 0.428. The van der Waals surface area contributed by atoms with E-state index < -0.39 is 0 Å². The van der Waals surface area contributed by atoms with E-state index in [1.807, 2.05) is 37.4 Å². The van der Waals surface area contributed by atoms with E-state index in [2.05, 4.69) is 15.4 Å². The highest BCUT2D eigenvalue weighted by atomic mass is 16.2. The Hall–Kier alpha value is -2.63. The molecule has 0 amide bonds. The Balaban J connectivity index is 2.01. The molecule has 0 aromatic carbocycles. The fourth-order valence-electron chi connectivity index (χ4n) is 1.95. The van der Waals surface area contributed by atoms with Crippen LogP contribution in [-0.4, -0.2) is 26.2 Å². The zero-order valence-electron chi connectivity index (χ0n) is 10.4. The fourth-order valence-corrected chi connectivity index (χ4v) is 1.95. The Morgan fingerprint density at radius 3 is 3.00 bits per heavy atom. The van der Waals surface area contributed by atoms with Gasteiger partial charge in [0.25, 0.3) is 0 Å². The minimum atomic E-state index is -0.140. The third-order valence-corrected chi connectivity index (χ3v) is 2.90. The van der Waals surface area contributed by atoms with Crippen molar-refractivity contribution in [3.05, 3.63) is 58.8 Å². The molecule has 96 valence electrons. The summed E-state index contributed by atoms with van der Waals surface area (Å²) in [6, 6.07) is 9.25. The first-order valence-electron chi connectivity index (χ1n) is 5.95. The third kappa shape index (κ3) is 2.08. The molecule has 0 unspecified atom stereocenters. The zero-order valence-corrected chi connectivity index (χ0v) is 10.4. The molecule has 3 heterocycles. The van der Waals surface area contributed by atoms with Gasteiger partial charge in [-0.2, -0.15) is 0 Å². The lowest BCUT2D eigenvalue weighted by molar-refractivity contribution is 0.658. The SMILES string of the molecule is CNc1cc(Cn2nc3ccccn3c2=O)ccn1. The quantitative estimate of drug-likeness (QED) is 0.757. The molecular formula is C13H13N5O. The summed E-state index contributed by atoms with van der Waals surface area (Å²) in [4.78, 5) is 16.3. The van der Waals surface area contributed by atoms with E-state index in [1.165, 1.54) is 9.08 Å². The number of nitrogens with one attached hydrogen (secondary N) is 1. The Morgan fingerprint density at radius 1 is 1.32 bits per heavy atom. The lowest BCUT2D eigenvalue weighted by Gasteiger charge is -2.03. The molecular weight excluding hydrogens is 242 g/mol. The molecule has 3 aromatic rings. The van der Waals surface area contributed by atoms with E-state index in [0.29, 0.717) is 12.2 Å². The van der Waals surface area contributed by atoms with Crippen LogP contribution in [-0.2, 0) is 6.54 Å². The molecule has 3 aromatic heterocycles. The first kappa shape index (κ1) is 11.5. The molecule has 1 N–H and O–H groups in total. The van der Waals surface area contributed by atoms with Crippen molar-refractivity contribution < 1.29 is 0 Å². The van der Waals surface area contributed by atoms with Crippen molar-refractivity contribution in [2.45, 2.75) is 6.54 Å². The molecule has 0 radical (unpaired) electrons. The molecule has 0 fully saturated rings. The van der Waals surface area contributed by atoms with Crippen molar-refractivity contribution in [1.82, 2.24) is 19.2 Å². The largest absolute Gasteiger partial charge is 0.373 e. The van der Waals surface area contributed by atoms with Gasteiger partial charge in [-0.3, -0.25) is 4.40 Å². The number of fused-ring (bicyclic) bond motifs is 1. The van der Waals surface area contributed by atoms with E-state index in [0.717, 1.165) is 11.4 Å². The van der Waals surface area contributed by atoms with Crippen LogP contribution < -0.4 is 11.0 Å². The minimum Gasteiger partial charge on any atom is -0.373 e. The van der Waals surface area contributed by atoms with Gasteiger partial charge >= 0.3 is 5.69 Å². The summed E-state index contributed by atoms with van der Waals surface area (Å²) >= 11 is 0. The van der Waals surface area contributed by atoms with Crippen molar-refractivity contribution >= 4 is 11.5 Å². The maximum absolute atomic E-state index is 12.1. The Labute approximate surface area is 109 Å². The number of aromatic nitrogens is 4. The van der Waals surface area contributed by atoms with Crippen LogP contribution in [0.3, 0.4) is 0 Å². The van der Waals surface area contributed by atoms with Crippen molar-refractivity contribution in [1.29, 1.82) is 0 Å². The van der Waals surface area contributed by atoms with Gasteiger partial charge in [-0.15, -0.1) is 5.10 Å². The molecule has 0 aliphatic heterocycles. The summed E-state index contributed by atoms with van der Waals surface area (Å²) in [5.41, 5.74) is 1.48. The van der Waals surface area contributed by atoms with Gasteiger partial charge in [-0.1, -0.05) is 6.07 Å². The van der Waals surface area contributed by atoms with Crippen LogP contribution in [0, 0.1) is 0 Å². The van der Waals surface area contributed by atoms with Gasteiger partial charge in [0.2, 0.25) is 0 Å². The lowest BCUT2D eigenvalue weighted by atomic mass is 10.2. The highest BCUT2D eigenvalue weighted by molar-refractivity contribution is 5.38. The first-order valence-corrected chi connectivity index (χ1v) is 5.95. The summed E-state index contributed by atoms with van der Waals surface area (Å²) < 4.78 is 2.98. The summed E-state index contributed by atoms with van der Waals surface area (Å²) in [6.07, 6.45) is 3.43. The number of hydrogen-bond acceptors (Lipinski definition) is 4. The van der Waals surface area contributed by atoms with Crippen LogP contribution in [0.25, 0.3) is 5.65 Å². The predicted octanol–water partition coefficient (Wildman–Crippen LogP) is 0.981. The molecule has 6 nitrogen and oxygen atoms in total. The van der Waals surface area contributed by atoms with Crippen LogP contribution >= 0.6 is 0 Å². The second-order valence-corrected chi connectivity index (χ2v) is 4.17. The van der Waals surface area contributed by atoms with Crippen molar-refractivity contribution in [3.63, 3.8) is 0 Å². The third-order valence-electron chi connectivity index (χ3n) is 2.90. The van der Waals surface area contributed by atoms with Crippen molar-refractivity contribution in [2.75, 3.05) is 12.4 Å². The Bertz CT molecular complexity index is 774. The van der Waals surface area contributed by atoms with Gasteiger partial charge in [-0.05, 0) is 29.8 Å². The van der Waals surface area contributed by atoms with Gasteiger partial charge in [0, 0.05) is 19.4 Å². The lowest BCUT2D eigenvalue weighted by Crippen LogP contribution is -2.21. The maximum atomic E-state index is 12.1. The predicted molar refractivity (Wildman–Crippen MR) is 72.3 cm³/mol. The summed E-state index contributed by atoms with van der Waals surface area (Å²) in [7, 11) is 1.81. The molecule has 0 atom stereocenters. The smallest absolute Gasteiger partial charge is 0.350 e. The normalized spacial score (nSPS) is 10.8. The number of rotatable bonds is 3. The molecule has 0 aliphatic carbocycles. The number of pyridine rings is 2. The van der Waals surface area contributed by atoms with Crippen LogP contribution in [0.15, 0.2) is 47.5 Å². The Kier molecular flexibility index (Phi) is 2.75. The van der Waals surface area contributed by atoms with Crippen LogP contribution in [0.4, 0.5) is 5.82 Å². The van der Waals surface area contributed by atoms with E-state index in [4.69, 9.17) is 0 Å². The number of nitrogens with zero attached hydrogens (tertiary/aromatic N) is 4. The second kappa shape index (κ2) is 4.56. The van der Waals surface area contributed by atoms with Gasteiger partial charge < -0.3 is 5.32 Å². The fraction of sp³-hybridized carbons (Fsp3) is 0.154. The molecule has 3 rings (SSSR count). The number of hydrogen-bond donors (Lipinski definition) is 1.